The van der Waals surface area contributed by atoms with E-state index in [-0.39, 0.29) is 12.6 Å². The lowest BCUT2D eigenvalue weighted by Gasteiger charge is -2.14. The molecule has 0 radical (unpaired) electrons. The molecule has 72 valence electrons. The summed E-state index contributed by atoms with van der Waals surface area (Å²) < 4.78 is 1.05. The molecular formula is C10H14BrNO. The Balaban J connectivity index is 2.99. The van der Waals surface area contributed by atoms with E-state index in [1.165, 1.54) is 5.56 Å². The molecule has 1 aromatic rings. The fraction of sp³-hybridized carbons (Fsp3) is 0.400. The number of nitrogens with one attached hydrogen (secondary N) is 1. The van der Waals surface area contributed by atoms with E-state index in [1.807, 2.05) is 26.1 Å². The second-order valence-corrected chi connectivity index (χ2v) is 4.00. The molecule has 0 saturated heterocycles. The van der Waals surface area contributed by atoms with Crippen molar-refractivity contribution < 1.29 is 5.11 Å². The van der Waals surface area contributed by atoms with Crippen LogP contribution in [0, 0.1) is 6.92 Å². The largest absolute Gasteiger partial charge is 0.394 e. The smallest absolute Gasteiger partial charge is 0.0626 e. The predicted octanol–water partition coefficient (Wildman–Crippen LogP) is 2.01. The minimum absolute atomic E-state index is 0.0243. The summed E-state index contributed by atoms with van der Waals surface area (Å²) in [5.74, 6) is 0. The van der Waals surface area contributed by atoms with Crippen molar-refractivity contribution in [1.82, 2.24) is 5.32 Å². The molecule has 0 bridgehead atoms. The number of rotatable bonds is 3. The zero-order valence-electron chi connectivity index (χ0n) is 7.84. The zero-order valence-corrected chi connectivity index (χ0v) is 9.43. The topological polar surface area (TPSA) is 32.3 Å². The highest BCUT2D eigenvalue weighted by atomic mass is 79.9. The summed E-state index contributed by atoms with van der Waals surface area (Å²) in [6, 6.07) is 6.16. The monoisotopic (exact) mass is 243 g/mol. The fourth-order valence-electron chi connectivity index (χ4n) is 1.33. The lowest BCUT2D eigenvalue weighted by atomic mass is 10.1. The molecule has 0 aliphatic rings. The molecule has 2 N–H and O–H groups in total. The fourth-order valence-corrected chi connectivity index (χ4v) is 1.95. The number of halogens is 1. The van der Waals surface area contributed by atoms with E-state index in [4.69, 9.17) is 5.11 Å². The zero-order chi connectivity index (χ0) is 9.84. The maximum atomic E-state index is 9.08. The summed E-state index contributed by atoms with van der Waals surface area (Å²) in [4.78, 5) is 0. The van der Waals surface area contributed by atoms with Gasteiger partial charge in [0.25, 0.3) is 0 Å². The molecule has 0 spiro atoms. The van der Waals surface area contributed by atoms with Crippen molar-refractivity contribution in [1.29, 1.82) is 0 Å². The van der Waals surface area contributed by atoms with Crippen LogP contribution in [0.4, 0.5) is 0 Å². The van der Waals surface area contributed by atoms with Gasteiger partial charge in [-0.1, -0.05) is 22.0 Å². The Morgan fingerprint density at radius 2 is 2.15 bits per heavy atom. The maximum absolute atomic E-state index is 9.08. The van der Waals surface area contributed by atoms with Gasteiger partial charge in [-0.05, 0) is 37.2 Å². The molecule has 3 heteroatoms. The SMILES string of the molecule is CN[C@@H](CO)c1cc(C)cc(Br)c1. The minimum Gasteiger partial charge on any atom is -0.394 e. The first-order valence-corrected chi connectivity index (χ1v) is 5.02. The van der Waals surface area contributed by atoms with E-state index in [9.17, 15) is 0 Å². The molecular weight excluding hydrogens is 230 g/mol. The quantitative estimate of drug-likeness (QED) is 0.852. The summed E-state index contributed by atoms with van der Waals surface area (Å²) >= 11 is 3.43. The van der Waals surface area contributed by atoms with E-state index < -0.39 is 0 Å². The van der Waals surface area contributed by atoms with Crippen LogP contribution in [-0.2, 0) is 0 Å². The van der Waals surface area contributed by atoms with E-state index in [1.54, 1.807) is 0 Å². The van der Waals surface area contributed by atoms with Crippen LogP contribution in [-0.4, -0.2) is 18.8 Å². The highest BCUT2D eigenvalue weighted by Crippen LogP contribution is 2.20. The van der Waals surface area contributed by atoms with Gasteiger partial charge >= 0.3 is 0 Å². The summed E-state index contributed by atoms with van der Waals surface area (Å²) in [6.07, 6.45) is 0. The molecule has 1 aromatic carbocycles. The molecule has 1 atom stereocenters. The highest BCUT2D eigenvalue weighted by Gasteiger charge is 2.07. The number of aryl methyl sites for hydroxylation is 1. The van der Waals surface area contributed by atoms with Crippen molar-refractivity contribution in [2.24, 2.45) is 0 Å². The van der Waals surface area contributed by atoms with Gasteiger partial charge in [-0.2, -0.15) is 0 Å². The molecule has 1 rings (SSSR count). The molecule has 0 fully saturated rings. The molecule has 0 saturated carbocycles. The number of likely N-dealkylation sites (N-methyl/N-ethyl adjacent to an activating group) is 1. The van der Waals surface area contributed by atoms with Crippen LogP contribution < -0.4 is 5.32 Å². The third-order valence-electron chi connectivity index (χ3n) is 2.00. The van der Waals surface area contributed by atoms with Crippen LogP contribution in [0.1, 0.15) is 17.2 Å². The Hall–Kier alpha value is -0.380. The number of hydrogen-bond donors (Lipinski definition) is 2. The Morgan fingerprint density at radius 3 is 2.62 bits per heavy atom. The summed E-state index contributed by atoms with van der Waals surface area (Å²) in [6.45, 7) is 2.16. The minimum atomic E-state index is 0.0243. The highest BCUT2D eigenvalue weighted by molar-refractivity contribution is 9.10. The standard InChI is InChI=1S/C10H14BrNO/c1-7-3-8(5-9(11)4-7)10(6-13)12-2/h3-5,10,12-13H,6H2,1-2H3/t10-/m0/s1. The third-order valence-corrected chi connectivity index (χ3v) is 2.46. The number of aliphatic hydroxyl groups is 1. The Kier molecular flexibility index (Phi) is 3.90. The van der Waals surface area contributed by atoms with Gasteiger partial charge in [0.15, 0.2) is 0 Å². The van der Waals surface area contributed by atoms with Crippen molar-refractivity contribution in [2.75, 3.05) is 13.7 Å². The van der Waals surface area contributed by atoms with Crippen LogP contribution >= 0.6 is 15.9 Å². The van der Waals surface area contributed by atoms with Gasteiger partial charge in [-0.25, -0.2) is 0 Å². The predicted molar refractivity (Wildman–Crippen MR) is 57.8 cm³/mol. The molecule has 0 amide bonds. The molecule has 0 aromatic heterocycles. The molecule has 0 unspecified atom stereocenters. The van der Waals surface area contributed by atoms with Crippen molar-refractivity contribution in [3.05, 3.63) is 33.8 Å². The van der Waals surface area contributed by atoms with Gasteiger partial charge in [0.2, 0.25) is 0 Å². The van der Waals surface area contributed by atoms with E-state index >= 15 is 0 Å². The Labute approximate surface area is 87.1 Å². The van der Waals surface area contributed by atoms with E-state index in [2.05, 4.69) is 27.3 Å². The van der Waals surface area contributed by atoms with Gasteiger partial charge < -0.3 is 10.4 Å². The number of benzene rings is 1. The normalized spacial score (nSPS) is 12.9. The van der Waals surface area contributed by atoms with Crippen molar-refractivity contribution >= 4 is 15.9 Å². The van der Waals surface area contributed by atoms with Crippen molar-refractivity contribution in [3.8, 4) is 0 Å². The van der Waals surface area contributed by atoms with Crippen LogP contribution in [0.5, 0.6) is 0 Å². The molecule has 0 heterocycles. The molecule has 2 nitrogen and oxygen atoms in total. The van der Waals surface area contributed by atoms with E-state index in [0.29, 0.717) is 0 Å². The van der Waals surface area contributed by atoms with Gasteiger partial charge in [0, 0.05) is 4.47 Å². The van der Waals surface area contributed by atoms with Gasteiger partial charge in [0.05, 0.1) is 12.6 Å². The van der Waals surface area contributed by atoms with Crippen LogP contribution in [0.25, 0.3) is 0 Å². The number of hydrogen-bond acceptors (Lipinski definition) is 2. The van der Waals surface area contributed by atoms with Gasteiger partial charge in [-0.15, -0.1) is 0 Å². The maximum Gasteiger partial charge on any atom is 0.0626 e. The number of aliphatic hydroxyl groups excluding tert-OH is 1. The van der Waals surface area contributed by atoms with Crippen LogP contribution in [0.2, 0.25) is 0 Å². The first kappa shape index (κ1) is 10.7. The first-order chi connectivity index (χ1) is 6.17. The van der Waals surface area contributed by atoms with Crippen LogP contribution in [0.15, 0.2) is 22.7 Å². The molecule has 0 aliphatic carbocycles. The average Bonchev–Trinajstić information content (AvgIpc) is 2.04. The van der Waals surface area contributed by atoms with Crippen LogP contribution in [0.3, 0.4) is 0 Å². The summed E-state index contributed by atoms with van der Waals surface area (Å²) in [5.41, 5.74) is 2.30. The summed E-state index contributed by atoms with van der Waals surface area (Å²) in [7, 11) is 1.84. The first-order valence-electron chi connectivity index (χ1n) is 4.22. The van der Waals surface area contributed by atoms with Crippen molar-refractivity contribution in [3.63, 3.8) is 0 Å². The van der Waals surface area contributed by atoms with Gasteiger partial charge in [0.1, 0.15) is 0 Å². The van der Waals surface area contributed by atoms with Gasteiger partial charge in [-0.3, -0.25) is 0 Å². The lowest BCUT2D eigenvalue weighted by molar-refractivity contribution is 0.251. The third kappa shape index (κ3) is 2.79. The molecule has 0 aliphatic heterocycles. The Bertz CT molecular complexity index is 264. The van der Waals surface area contributed by atoms with E-state index in [0.717, 1.165) is 10.0 Å². The van der Waals surface area contributed by atoms with Crippen molar-refractivity contribution in [2.45, 2.75) is 13.0 Å². The lowest BCUT2D eigenvalue weighted by Crippen LogP contribution is -2.19. The second kappa shape index (κ2) is 4.74. The average molecular weight is 244 g/mol. The Morgan fingerprint density at radius 1 is 1.46 bits per heavy atom. The second-order valence-electron chi connectivity index (χ2n) is 3.09. The molecule has 13 heavy (non-hydrogen) atoms. The summed E-state index contributed by atoms with van der Waals surface area (Å²) in [5, 5.41) is 12.1.